The Morgan fingerprint density at radius 2 is 1.38 bits per heavy atom. The van der Waals surface area contributed by atoms with E-state index in [2.05, 4.69) is 30.3 Å². The van der Waals surface area contributed by atoms with Crippen LogP contribution in [0.2, 0.25) is 0 Å². The largest absolute Gasteiger partial charge is 0.497 e. The van der Waals surface area contributed by atoms with Crippen molar-refractivity contribution in [3.8, 4) is 5.75 Å². The van der Waals surface area contributed by atoms with Gasteiger partial charge in [0.1, 0.15) is 5.75 Å². The lowest BCUT2D eigenvalue weighted by Gasteiger charge is -2.25. The van der Waals surface area contributed by atoms with E-state index in [9.17, 15) is 9.90 Å². The summed E-state index contributed by atoms with van der Waals surface area (Å²) in [5.74, 6) is 0.320. The summed E-state index contributed by atoms with van der Waals surface area (Å²) in [6.45, 7) is 0.357. The fourth-order valence-corrected chi connectivity index (χ4v) is 5.14. The Hall–Kier alpha value is -4.15. The van der Waals surface area contributed by atoms with Crippen LogP contribution in [0.25, 0.3) is 21.5 Å². The topological polar surface area (TPSA) is 49.8 Å². The van der Waals surface area contributed by atoms with Gasteiger partial charge >= 0.3 is 0 Å². The third-order valence-corrected chi connectivity index (χ3v) is 6.85. The van der Waals surface area contributed by atoms with Gasteiger partial charge in [0.05, 0.1) is 19.3 Å². The normalized spacial score (nSPS) is 17.4. The van der Waals surface area contributed by atoms with Gasteiger partial charge in [0.2, 0.25) is 0 Å². The van der Waals surface area contributed by atoms with Gasteiger partial charge < -0.3 is 14.7 Å². The van der Waals surface area contributed by atoms with E-state index < -0.39 is 5.60 Å². The molecule has 5 aromatic rings. The van der Waals surface area contributed by atoms with E-state index in [0.29, 0.717) is 23.4 Å². The van der Waals surface area contributed by atoms with Crippen LogP contribution in [-0.4, -0.2) is 18.1 Å². The first-order valence-corrected chi connectivity index (χ1v) is 11.3. The third-order valence-electron chi connectivity index (χ3n) is 6.85. The summed E-state index contributed by atoms with van der Waals surface area (Å²) in [6, 6.07) is 33.2. The smallest absolute Gasteiger partial charge is 0.268 e. The van der Waals surface area contributed by atoms with Crippen LogP contribution in [0, 0.1) is 0 Å². The molecule has 0 saturated carbocycles. The molecule has 1 N–H and O–H groups in total. The summed E-state index contributed by atoms with van der Waals surface area (Å²) in [6.07, 6.45) is 0. The lowest BCUT2D eigenvalue weighted by molar-refractivity contribution is -0.132. The number of rotatable bonds is 4. The first-order chi connectivity index (χ1) is 16.6. The molecule has 0 saturated heterocycles. The van der Waals surface area contributed by atoms with Gasteiger partial charge in [0.15, 0.2) is 5.60 Å². The van der Waals surface area contributed by atoms with E-state index >= 15 is 0 Å². The minimum absolute atomic E-state index is 0.351. The molecule has 0 fully saturated rings. The van der Waals surface area contributed by atoms with Crippen molar-refractivity contribution in [2.45, 2.75) is 12.1 Å². The minimum atomic E-state index is -1.76. The first kappa shape index (κ1) is 20.5. The van der Waals surface area contributed by atoms with Crippen molar-refractivity contribution in [2.75, 3.05) is 12.0 Å². The number of anilines is 1. The Balaban J connectivity index is 1.53. The van der Waals surface area contributed by atoms with E-state index in [4.69, 9.17) is 4.74 Å². The molecule has 0 aromatic heterocycles. The fraction of sp³-hybridized carbons (Fsp3) is 0.100. The van der Waals surface area contributed by atoms with E-state index in [1.807, 2.05) is 48.5 Å². The number of nitrogens with zero attached hydrogens (tertiary/aromatic N) is 1. The van der Waals surface area contributed by atoms with Gasteiger partial charge in [-0.3, -0.25) is 4.79 Å². The number of amides is 1. The molecule has 0 bridgehead atoms. The molecule has 4 heteroatoms. The highest BCUT2D eigenvalue weighted by Crippen LogP contribution is 2.46. The van der Waals surface area contributed by atoms with Crippen molar-refractivity contribution >= 4 is 33.1 Å². The second kappa shape index (κ2) is 7.72. The summed E-state index contributed by atoms with van der Waals surface area (Å²) in [5, 5.41) is 16.3. The van der Waals surface area contributed by atoms with Gasteiger partial charge in [0, 0.05) is 5.56 Å². The molecular weight excluding hydrogens is 422 g/mol. The first-order valence-electron chi connectivity index (χ1n) is 11.3. The van der Waals surface area contributed by atoms with Gasteiger partial charge in [-0.2, -0.15) is 0 Å². The van der Waals surface area contributed by atoms with Crippen molar-refractivity contribution in [1.29, 1.82) is 0 Å². The van der Waals surface area contributed by atoms with Crippen LogP contribution in [0.15, 0.2) is 103 Å². The van der Waals surface area contributed by atoms with Gasteiger partial charge in [-0.15, -0.1) is 0 Å². The zero-order valence-corrected chi connectivity index (χ0v) is 18.7. The summed E-state index contributed by atoms with van der Waals surface area (Å²) in [7, 11) is 1.59. The van der Waals surface area contributed by atoms with Crippen LogP contribution in [0.5, 0.6) is 5.75 Å². The van der Waals surface area contributed by atoms with E-state index in [1.54, 1.807) is 36.3 Å². The predicted octanol–water partition coefficient (Wildman–Crippen LogP) is 5.78. The van der Waals surface area contributed by atoms with Gasteiger partial charge in [-0.25, -0.2) is 0 Å². The van der Waals surface area contributed by atoms with Crippen LogP contribution in [-0.2, 0) is 16.9 Å². The molecule has 1 aliphatic rings. The van der Waals surface area contributed by atoms with Gasteiger partial charge in [0.25, 0.3) is 5.91 Å². The number of benzene rings is 5. The van der Waals surface area contributed by atoms with Gasteiger partial charge in [-0.1, -0.05) is 78.9 Å². The molecule has 166 valence electrons. The fourth-order valence-electron chi connectivity index (χ4n) is 5.14. The van der Waals surface area contributed by atoms with Crippen molar-refractivity contribution < 1.29 is 14.6 Å². The lowest BCUT2D eigenvalue weighted by atomic mass is 9.87. The molecule has 0 aliphatic carbocycles. The quantitative estimate of drug-likeness (QED) is 0.357. The molecule has 34 heavy (non-hydrogen) atoms. The number of methoxy groups -OCH3 is 1. The van der Waals surface area contributed by atoms with Gasteiger partial charge in [-0.05, 0) is 56.9 Å². The molecule has 0 unspecified atom stereocenters. The summed E-state index contributed by atoms with van der Waals surface area (Å²) in [4.78, 5) is 15.7. The van der Waals surface area contributed by atoms with Crippen LogP contribution in [0.3, 0.4) is 0 Å². The number of hydrogen-bond donors (Lipinski definition) is 1. The second-order valence-electron chi connectivity index (χ2n) is 8.64. The molecule has 6 rings (SSSR count). The van der Waals surface area contributed by atoms with Crippen LogP contribution < -0.4 is 9.64 Å². The molecule has 5 aromatic carbocycles. The number of carbonyl (C=O) groups is 1. The number of carbonyl (C=O) groups excluding carboxylic acids is 1. The molecule has 1 atom stereocenters. The Morgan fingerprint density at radius 1 is 0.794 bits per heavy atom. The number of ether oxygens (including phenoxy) is 1. The zero-order valence-electron chi connectivity index (χ0n) is 18.7. The van der Waals surface area contributed by atoms with Crippen molar-refractivity contribution in [3.05, 3.63) is 120 Å². The average Bonchev–Trinajstić information content (AvgIpc) is 3.11. The Labute approximate surface area is 197 Å². The Morgan fingerprint density at radius 3 is 2.03 bits per heavy atom. The molecule has 0 radical (unpaired) electrons. The van der Waals surface area contributed by atoms with E-state index in [0.717, 1.165) is 32.8 Å². The maximum atomic E-state index is 14.0. The predicted molar refractivity (Wildman–Crippen MR) is 135 cm³/mol. The Kier molecular flexibility index (Phi) is 4.64. The van der Waals surface area contributed by atoms with Crippen molar-refractivity contribution in [2.24, 2.45) is 0 Å². The van der Waals surface area contributed by atoms with Crippen molar-refractivity contribution in [1.82, 2.24) is 0 Å². The highest BCUT2D eigenvalue weighted by molar-refractivity contribution is 6.10. The maximum Gasteiger partial charge on any atom is 0.268 e. The van der Waals surface area contributed by atoms with E-state index in [1.165, 1.54) is 0 Å². The zero-order chi connectivity index (χ0) is 23.3. The number of fused-ring (bicyclic) bond motifs is 3. The molecule has 1 aliphatic heterocycles. The molecule has 4 nitrogen and oxygen atoms in total. The average molecular weight is 446 g/mol. The van der Waals surface area contributed by atoms with Crippen LogP contribution in [0.4, 0.5) is 5.69 Å². The SMILES string of the molecule is COc1ccc([C@@]2(O)C(=O)N(Cc3c4ccccc4cc4ccccc34)c3ccccc32)cc1. The number of para-hydroxylation sites is 1. The summed E-state index contributed by atoms with van der Waals surface area (Å²) < 4.78 is 5.27. The minimum Gasteiger partial charge on any atom is -0.497 e. The molecular formula is C30H23NO3. The third kappa shape index (κ3) is 2.93. The highest BCUT2D eigenvalue weighted by atomic mass is 16.5. The van der Waals surface area contributed by atoms with Crippen LogP contribution >= 0.6 is 0 Å². The standard InChI is InChI=1S/C30H23NO3/c1-34-23-16-14-22(15-17-23)30(33)27-12-6-7-13-28(27)31(29(30)32)19-26-24-10-4-2-8-20(24)18-21-9-3-5-11-25(21)26/h2-18,33H,19H2,1H3/t30-/m0/s1. The van der Waals surface area contributed by atoms with Crippen LogP contribution in [0.1, 0.15) is 16.7 Å². The second-order valence-corrected chi connectivity index (χ2v) is 8.64. The number of aliphatic hydroxyl groups is 1. The highest BCUT2D eigenvalue weighted by Gasteiger charge is 2.51. The monoisotopic (exact) mass is 445 g/mol. The van der Waals surface area contributed by atoms with E-state index in [-0.39, 0.29) is 5.91 Å². The summed E-state index contributed by atoms with van der Waals surface area (Å²) in [5.41, 5.74) is 1.15. The Bertz CT molecular complexity index is 1500. The lowest BCUT2D eigenvalue weighted by Crippen LogP contribution is -2.40. The summed E-state index contributed by atoms with van der Waals surface area (Å²) >= 11 is 0. The molecule has 1 amide bonds. The maximum absolute atomic E-state index is 14.0. The molecule has 1 heterocycles. The van der Waals surface area contributed by atoms with Crippen molar-refractivity contribution in [3.63, 3.8) is 0 Å². The molecule has 0 spiro atoms. The number of hydrogen-bond acceptors (Lipinski definition) is 3.